The van der Waals surface area contributed by atoms with Crippen molar-refractivity contribution in [2.45, 2.75) is 26.4 Å². The van der Waals surface area contributed by atoms with Crippen molar-refractivity contribution in [3.8, 4) is 0 Å². The predicted octanol–water partition coefficient (Wildman–Crippen LogP) is 1.50. The van der Waals surface area contributed by atoms with Crippen LogP contribution in [-0.4, -0.2) is 40.6 Å². The average Bonchev–Trinajstić information content (AvgIpc) is 2.01. The SMILES string of the molecule is CC(C)(C)OC(=O)N1CCSC(=O)C1. The zero-order valence-electron chi connectivity index (χ0n) is 8.70. The quantitative estimate of drug-likeness (QED) is 0.617. The highest BCUT2D eigenvalue weighted by molar-refractivity contribution is 8.13. The lowest BCUT2D eigenvalue weighted by atomic mass is 10.2. The van der Waals surface area contributed by atoms with Crippen LogP contribution in [0, 0.1) is 0 Å². The van der Waals surface area contributed by atoms with Gasteiger partial charge in [0, 0.05) is 12.3 Å². The number of thioether (sulfide) groups is 1. The number of carbonyl (C=O) groups excluding carboxylic acids is 2. The minimum atomic E-state index is -0.495. The Morgan fingerprint density at radius 3 is 2.64 bits per heavy atom. The third-order valence-corrected chi connectivity index (χ3v) is 2.43. The lowest BCUT2D eigenvalue weighted by molar-refractivity contribution is -0.112. The molecule has 1 saturated heterocycles. The number of carbonyl (C=O) groups is 2. The lowest BCUT2D eigenvalue weighted by Gasteiger charge is -2.28. The van der Waals surface area contributed by atoms with E-state index in [2.05, 4.69) is 0 Å². The summed E-state index contributed by atoms with van der Waals surface area (Å²) in [6.07, 6.45) is -0.397. The molecule has 1 fully saturated rings. The van der Waals surface area contributed by atoms with Gasteiger partial charge in [-0.25, -0.2) is 4.79 Å². The highest BCUT2D eigenvalue weighted by atomic mass is 32.2. The van der Waals surface area contributed by atoms with Crippen molar-refractivity contribution in [3.63, 3.8) is 0 Å². The van der Waals surface area contributed by atoms with Crippen molar-refractivity contribution >= 4 is 23.0 Å². The molecule has 0 saturated carbocycles. The van der Waals surface area contributed by atoms with Gasteiger partial charge in [-0.2, -0.15) is 0 Å². The van der Waals surface area contributed by atoms with Gasteiger partial charge in [-0.05, 0) is 20.8 Å². The van der Waals surface area contributed by atoms with Crippen molar-refractivity contribution in [2.24, 2.45) is 0 Å². The van der Waals surface area contributed by atoms with Crippen molar-refractivity contribution in [3.05, 3.63) is 0 Å². The van der Waals surface area contributed by atoms with E-state index in [0.717, 1.165) is 0 Å². The molecule has 0 bridgehead atoms. The standard InChI is InChI=1S/C9H15NO3S/c1-9(2,3)13-8(12)10-4-5-14-7(11)6-10/h4-6H2,1-3H3. The first-order valence-electron chi connectivity index (χ1n) is 4.52. The number of amides is 1. The van der Waals surface area contributed by atoms with Crippen LogP contribution in [0.25, 0.3) is 0 Å². The summed E-state index contributed by atoms with van der Waals surface area (Å²) in [6, 6.07) is 0. The Balaban J connectivity index is 2.48. The van der Waals surface area contributed by atoms with Gasteiger partial charge in [0.15, 0.2) is 0 Å². The molecule has 0 atom stereocenters. The average molecular weight is 217 g/mol. The Bertz CT molecular complexity index is 247. The second-order valence-corrected chi connectivity index (χ2v) is 5.27. The Kier molecular flexibility index (Phi) is 3.42. The summed E-state index contributed by atoms with van der Waals surface area (Å²) in [7, 11) is 0. The van der Waals surface area contributed by atoms with E-state index in [0.29, 0.717) is 12.3 Å². The van der Waals surface area contributed by atoms with Crippen molar-refractivity contribution in [1.29, 1.82) is 0 Å². The molecule has 0 aromatic carbocycles. The first-order chi connectivity index (χ1) is 6.38. The van der Waals surface area contributed by atoms with Crippen LogP contribution < -0.4 is 0 Å². The summed E-state index contributed by atoms with van der Waals surface area (Å²) in [5, 5.41) is 0.0297. The highest BCUT2D eigenvalue weighted by Gasteiger charge is 2.26. The maximum atomic E-state index is 11.5. The van der Waals surface area contributed by atoms with Crippen LogP contribution >= 0.6 is 11.8 Å². The number of nitrogens with zero attached hydrogens (tertiary/aromatic N) is 1. The maximum Gasteiger partial charge on any atom is 0.410 e. The monoisotopic (exact) mass is 217 g/mol. The normalized spacial score (nSPS) is 18.2. The molecule has 0 aliphatic carbocycles. The summed E-state index contributed by atoms with van der Waals surface area (Å²) >= 11 is 1.27. The number of ether oxygens (including phenoxy) is 1. The molecule has 1 aliphatic heterocycles. The molecule has 1 rings (SSSR count). The summed E-state index contributed by atoms with van der Waals surface area (Å²) in [5.74, 6) is 0.665. The molecule has 5 heteroatoms. The molecule has 0 radical (unpaired) electrons. The van der Waals surface area contributed by atoms with E-state index in [1.165, 1.54) is 16.7 Å². The van der Waals surface area contributed by atoms with E-state index in [1.807, 2.05) is 20.8 Å². The Morgan fingerprint density at radius 1 is 1.50 bits per heavy atom. The lowest BCUT2D eigenvalue weighted by Crippen LogP contribution is -2.43. The summed E-state index contributed by atoms with van der Waals surface area (Å²) in [6.45, 7) is 6.19. The van der Waals surface area contributed by atoms with Crippen LogP contribution in [0.2, 0.25) is 0 Å². The highest BCUT2D eigenvalue weighted by Crippen LogP contribution is 2.15. The predicted molar refractivity (Wildman–Crippen MR) is 55.3 cm³/mol. The van der Waals surface area contributed by atoms with Crippen molar-refractivity contribution < 1.29 is 14.3 Å². The summed E-state index contributed by atoms with van der Waals surface area (Å²) < 4.78 is 5.15. The summed E-state index contributed by atoms with van der Waals surface area (Å²) in [5.41, 5.74) is -0.495. The number of hydrogen-bond acceptors (Lipinski definition) is 4. The van der Waals surface area contributed by atoms with Gasteiger partial charge in [0.25, 0.3) is 0 Å². The third-order valence-electron chi connectivity index (χ3n) is 1.60. The molecule has 1 heterocycles. The fourth-order valence-electron chi connectivity index (χ4n) is 1.03. The molecule has 0 spiro atoms. The van der Waals surface area contributed by atoms with Gasteiger partial charge in [-0.3, -0.25) is 9.69 Å². The smallest absolute Gasteiger partial charge is 0.410 e. The molecule has 0 N–H and O–H groups in total. The van der Waals surface area contributed by atoms with E-state index >= 15 is 0 Å². The van der Waals surface area contributed by atoms with Crippen LogP contribution in [0.15, 0.2) is 0 Å². The first-order valence-corrected chi connectivity index (χ1v) is 5.50. The number of rotatable bonds is 0. The fourth-order valence-corrected chi connectivity index (χ4v) is 1.82. The Hall–Kier alpha value is -0.710. The second-order valence-electron chi connectivity index (χ2n) is 4.12. The van der Waals surface area contributed by atoms with E-state index < -0.39 is 11.7 Å². The molecule has 4 nitrogen and oxygen atoms in total. The number of hydrogen-bond donors (Lipinski definition) is 0. The molecule has 14 heavy (non-hydrogen) atoms. The summed E-state index contributed by atoms with van der Waals surface area (Å²) in [4.78, 5) is 24.0. The van der Waals surface area contributed by atoms with Gasteiger partial charge in [-0.1, -0.05) is 11.8 Å². The van der Waals surface area contributed by atoms with Gasteiger partial charge >= 0.3 is 6.09 Å². The largest absolute Gasteiger partial charge is 0.444 e. The van der Waals surface area contributed by atoms with Crippen molar-refractivity contribution in [2.75, 3.05) is 18.8 Å². The molecule has 1 amide bonds. The molecule has 0 unspecified atom stereocenters. The van der Waals surface area contributed by atoms with E-state index in [-0.39, 0.29) is 11.7 Å². The topological polar surface area (TPSA) is 46.6 Å². The van der Waals surface area contributed by atoms with Crippen LogP contribution in [0.3, 0.4) is 0 Å². The van der Waals surface area contributed by atoms with Gasteiger partial charge in [0.1, 0.15) is 5.60 Å². The van der Waals surface area contributed by atoms with Gasteiger partial charge < -0.3 is 4.74 Å². The van der Waals surface area contributed by atoms with Crippen LogP contribution in [0.5, 0.6) is 0 Å². The van der Waals surface area contributed by atoms with E-state index in [9.17, 15) is 9.59 Å². The van der Waals surface area contributed by atoms with E-state index in [4.69, 9.17) is 4.74 Å². The molecule has 1 aliphatic rings. The van der Waals surface area contributed by atoms with Crippen LogP contribution in [0.1, 0.15) is 20.8 Å². The molecule has 0 aromatic heterocycles. The van der Waals surface area contributed by atoms with E-state index in [1.54, 1.807) is 0 Å². The molecular weight excluding hydrogens is 202 g/mol. The minimum Gasteiger partial charge on any atom is -0.444 e. The zero-order chi connectivity index (χ0) is 10.8. The zero-order valence-corrected chi connectivity index (χ0v) is 9.52. The fraction of sp³-hybridized carbons (Fsp3) is 0.778. The second kappa shape index (κ2) is 4.21. The molecular formula is C9H15NO3S. The van der Waals surface area contributed by atoms with Gasteiger partial charge in [0.2, 0.25) is 5.12 Å². The van der Waals surface area contributed by atoms with Gasteiger partial charge in [0.05, 0.1) is 6.54 Å². The van der Waals surface area contributed by atoms with Gasteiger partial charge in [-0.15, -0.1) is 0 Å². The van der Waals surface area contributed by atoms with Crippen molar-refractivity contribution in [1.82, 2.24) is 4.90 Å². The minimum absolute atomic E-state index is 0.0297. The molecule has 0 aromatic rings. The molecule has 80 valence electrons. The first kappa shape index (κ1) is 11.4. The Labute approximate surface area is 88.0 Å². The Morgan fingerprint density at radius 2 is 2.14 bits per heavy atom. The van der Waals surface area contributed by atoms with Crippen LogP contribution in [-0.2, 0) is 9.53 Å². The maximum absolute atomic E-state index is 11.5. The van der Waals surface area contributed by atoms with Crippen LogP contribution in [0.4, 0.5) is 4.79 Å². The third kappa shape index (κ3) is 3.57.